The molecule has 0 bridgehead atoms. The number of nitrogens with zero attached hydrogens (tertiary/aromatic N) is 1. The lowest BCUT2D eigenvalue weighted by Gasteiger charge is -2.37. The molecule has 0 radical (unpaired) electrons. The van der Waals surface area contributed by atoms with Gasteiger partial charge in [0, 0.05) is 31.7 Å². The first-order valence-electron chi connectivity index (χ1n) is 6.96. The van der Waals surface area contributed by atoms with Crippen LogP contribution in [0.4, 0.5) is 0 Å². The Labute approximate surface area is 121 Å². The van der Waals surface area contributed by atoms with Gasteiger partial charge in [0.25, 0.3) is 0 Å². The average molecular weight is 283 g/mol. The molecule has 2 aliphatic rings. The summed E-state index contributed by atoms with van der Waals surface area (Å²) < 4.78 is 5.51. The highest BCUT2D eigenvalue weighted by Gasteiger charge is 2.31. The van der Waals surface area contributed by atoms with Gasteiger partial charge in [-0.05, 0) is 24.8 Å². The van der Waals surface area contributed by atoms with E-state index in [1.807, 2.05) is 6.07 Å². The Bertz CT molecular complexity index is 409. The fourth-order valence-electron chi connectivity index (χ4n) is 2.85. The van der Waals surface area contributed by atoms with Gasteiger partial charge in [-0.3, -0.25) is 4.90 Å². The molecule has 1 unspecified atom stereocenters. The molecule has 0 amide bonds. The van der Waals surface area contributed by atoms with E-state index in [-0.39, 0.29) is 12.4 Å². The minimum Gasteiger partial charge on any atom is -0.496 e. The van der Waals surface area contributed by atoms with Crippen molar-refractivity contribution in [2.45, 2.75) is 18.9 Å². The third-order valence-corrected chi connectivity index (χ3v) is 4.04. The van der Waals surface area contributed by atoms with Crippen molar-refractivity contribution in [2.24, 2.45) is 5.92 Å². The molecule has 2 fully saturated rings. The molecular weight excluding hydrogens is 260 g/mol. The van der Waals surface area contributed by atoms with Gasteiger partial charge in [-0.25, -0.2) is 0 Å². The van der Waals surface area contributed by atoms with E-state index in [9.17, 15) is 0 Å². The van der Waals surface area contributed by atoms with Gasteiger partial charge in [-0.2, -0.15) is 0 Å². The summed E-state index contributed by atoms with van der Waals surface area (Å²) in [4.78, 5) is 2.63. The number of piperazine rings is 1. The number of halogens is 1. The fourth-order valence-corrected chi connectivity index (χ4v) is 2.85. The monoisotopic (exact) mass is 282 g/mol. The number of nitrogens with one attached hydrogen (secondary N) is 1. The Balaban J connectivity index is 0.00000133. The van der Waals surface area contributed by atoms with Crippen molar-refractivity contribution in [1.82, 2.24) is 10.2 Å². The summed E-state index contributed by atoms with van der Waals surface area (Å²) in [6, 6.07) is 8.90. The predicted molar refractivity (Wildman–Crippen MR) is 80.1 cm³/mol. The van der Waals surface area contributed by atoms with Crippen LogP contribution in [-0.2, 0) is 0 Å². The summed E-state index contributed by atoms with van der Waals surface area (Å²) in [5, 5.41) is 3.51. The zero-order valence-electron chi connectivity index (χ0n) is 11.5. The van der Waals surface area contributed by atoms with Crippen molar-refractivity contribution in [2.75, 3.05) is 33.3 Å². The van der Waals surface area contributed by atoms with Crippen molar-refractivity contribution in [1.29, 1.82) is 0 Å². The van der Waals surface area contributed by atoms with Crippen LogP contribution in [0.5, 0.6) is 5.75 Å². The molecule has 3 nitrogen and oxygen atoms in total. The Hall–Kier alpha value is -0.770. The third kappa shape index (κ3) is 3.41. The minimum absolute atomic E-state index is 0. The normalized spacial score (nSPS) is 23.7. The van der Waals surface area contributed by atoms with E-state index in [0.717, 1.165) is 31.3 Å². The lowest BCUT2D eigenvalue weighted by atomic mass is 10.0. The summed E-state index contributed by atoms with van der Waals surface area (Å²) in [5.74, 6) is 1.97. The second kappa shape index (κ2) is 6.60. The van der Waals surface area contributed by atoms with Crippen molar-refractivity contribution < 1.29 is 4.74 Å². The molecule has 1 saturated carbocycles. The molecule has 3 rings (SSSR count). The number of ether oxygens (including phenoxy) is 1. The van der Waals surface area contributed by atoms with E-state index in [0.29, 0.717) is 6.04 Å². The Morgan fingerprint density at radius 2 is 2.11 bits per heavy atom. The van der Waals surface area contributed by atoms with E-state index in [2.05, 4.69) is 28.4 Å². The molecule has 1 heterocycles. The van der Waals surface area contributed by atoms with Crippen LogP contribution in [0, 0.1) is 5.92 Å². The number of rotatable bonds is 4. The molecule has 106 valence electrons. The standard InChI is InChI=1S/C15H22N2O.ClH/c1-18-15-5-3-2-4-13(15)14-10-16-8-9-17(14)11-12-6-7-12;/h2-5,12,14,16H,6-11H2,1H3;1H. The van der Waals surface area contributed by atoms with Crippen LogP contribution in [0.1, 0.15) is 24.4 Å². The summed E-state index contributed by atoms with van der Waals surface area (Å²) in [6.45, 7) is 4.55. The summed E-state index contributed by atoms with van der Waals surface area (Å²) >= 11 is 0. The molecule has 1 aromatic rings. The van der Waals surface area contributed by atoms with E-state index in [1.54, 1.807) is 7.11 Å². The van der Waals surface area contributed by atoms with Gasteiger partial charge in [0.2, 0.25) is 0 Å². The number of para-hydroxylation sites is 1. The summed E-state index contributed by atoms with van der Waals surface area (Å²) in [7, 11) is 1.76. The third-order valence-electron chi connectivity index (χ3n) is 4.04. The van der Waals surface area contributed by atoms with Crippen LogP contribution >= 0.6 is 12.4 Å². The SMILES string of the molecule is COc1ccccc1C1CNCCN1CC1CC1.Cl. The zero-order chi connectivity index (χ0) is 12.4. The Morgan fingerprint density at radius 3 is 2.84 bits per heavy atom. The van der Waals surface area contributed by atoms with Crippen molar-refractivity contribution in [3.8, 4) is 5.75 Å². The maximum absolute atomic E-state index is 5.51. The number of benzene rings is 1. The minimum atomic E-state index is 0. The highest BCUT2D eigenvalue weighted by molar-refractivity contribution is 5.85. The van der Waals surface area contributed by atoms with Crippen molar-refractivity contribution in [3.63, 3.8) is 0 Å². The Kier molecular flexibility index (Phi) is 5.08. The van der Waals surface area contributed by atoms with Gasteiger partial charge in [0.1, 0.15) is 5.75 Å². The smallest absolute Gasteiger partial charge is 0.123 e. The maximum Gasteiger partial charge on any atom is 0.123 e. The maximum atomic E-state index is 5.51. The number of hydrogen-bond donors (Lipinski definition) is 1. The lowest BCUT2D eigenvalue weighted by molar-refractivity contribution is 0.152. The molecule has 0 aromatic heterocycles. The lowest BCUT2D eigenvalue weighted by Crippen LogP contribution is -2.46. The highest BCUT2D eigenvalue weighted by Crippen LogP contribution is 2.35. The first-order valence-corrected chi connectivity index (χ1v) is 6.96. The van der Waals surface area contributed by atoms with E-state index < -0.39 is 0 Å². The average Bonchev–Trinajstić information content (AvgIpc) is 3.23. The quantitative estimate of drug-likeness (QED) is 0.918. The zero-order valence-corrected chi connectivity index (χ0v) is 12.3. The van der Waals surface area contributed by atoms with Gasteiger partial charge in [0.05, 0.1) is 13.2 Å². The van der Waals surface area contributed by atoms with Crippen LogP contribution in [0.3, 0.4) is 0 Å². The van der Waals surface area contributed by atoms with Gasteiger partial charge in [-0.15, -0.1) is 12.4 Å². The molecule has 1 N–H and O–H groups in total. The highest BCUT2D eigenvalue weighted by atomic mass is 35.5. The van der Waals surface area contributed by atoms with Crippen molar-refractivity contribution >= 4 is 12.4 Å². The predicted octanol–water partition coefficient (Wildman–Crippen LogP) is 2.47. The van der Waals surface area contributed by atoms with E-state index in [1.165, 1.54) is 24.9 Å². The first kappa shape index (κ1) is 14.6. The van der Waals surface area contributed by atoms with Crippen LogP contribution in [0.2, 0.25) is 0 Å². The van der Waals surface area contributed by atoms with Crippen LogP contribution in [0.25, 0.3) is 0 Å². The second-order valence-corrected chi connectivity index (χ2v) is 5.40. The van der Waals surface area contributed by atoms with Crippen LogP contribution in [0.15, 0.2) is 24.3 Å². The largest absolute Gasteiger partial charge is 0.496 e. The van der Waals surface area contributed by atoms with E-state index in [4.69, 9.17) is 4.74 Å². The molecule has 0 spiro atoms. The summed E-state index contributed by atoms with van der Waals surface area (Å²) in [5.41, 5.74) is 1.33. The van der Waals surface area contributed by atoms with Gasteiger partial charge in [0.15, 0.2) is 0 Å². The number of methoxy groups -OCH3 is 1. The molecule has 1 atom stereocenters. The summed E-state index contributed by atoms with van der Waals surface area (Å²) in [6.07, 6.45) is 2.84. The topological polar surface area (TPSA) is 24.5 Å². The van der Waals surface area contributed by atoms with Crippen molar-refractivity contribution in [3.05, 3.63) is 29.8 Å². The molecule has 1 aliphatic carbocycles. The second-order valence-electron chi connectivity index (χ2n) is 5.40. The molecule has 1 aromatic carbocycles. The van der Waals surface area contributed by atoms with Gasteiger partial charge < -0.3 is 10.1 Å². The molecular formula is C15H23ClN2O. The van der Waals surface area contributed by atoms with E-state index >= 15 is 0 Å². The Morgan fingerprint density at radius 1 is 1.32 bits per heavy atom. The molecule has 1 aliphatic heterocycles. The van der Waals surface area contributed by atoms with Crippen LogP contribution < -0.4 is 10.1 Å². The number of hydrogen-bond acceptors (Lipinski definition) is 3. The van der Waals surface area contributed by atoms with Gasteiger partial charge in [-0.1, -0.05) is 18.2 Å². The van der Waals surface area contributed by atoms with Crippen LogP contribution in [-0.4, -0.2) is 38.2 Å². The van der Waals surface area contributed by atoms with Gasteiger partial charge >= 0.3 is 0 Å². The fraction of sp³-hybridized carbons (Fsp3) is 0.600. The molecule has 4 heteroatoms. The molecule has 1 saturated heterocycles. The molecule has 19 heavy (non-hydrogen) atoms. The first-order chi connectivity index (χ1) is 8.88.